The highest BCUT2D eigenvalue weighted by Crippen LogP contribution is 2.24. The minimum absolute atomic E-state index is 0.270. The fourth-order valence-corrected chi connectivity index (χ4v) is 2.07. The van der Waals surface area contributed by atoms with Gasteiger partial charge in [0.1, 0.15) is 11.4 Å². The molecule has 0 saturated heterocycles. The van der Waals surface area contributed by atoms with E-state index < -0.39 is 0 Å². The third kappa shape index (κ3) is 1.83. The van der Waals surface area contributed by atoms with Crippen molar-refractivity contribution in [3.8, 4) is 0 Å². The largest absolute Gasteiger partial charge is 0.379 e. The second kappa shape index (κ2) is 4.44. The number of imide groups is 1. The molecule has 0 atom stereocenters. The lowest BCUT2D eigenvalue weighted by Gasteiger charge is -2.05. The lowest BCUT2D eigenvalue weighted by atomic mass is 10.1. The van der Waals surface area contributed by atoms with Crippen LogP contribution in [-0.4, -0.2) is 34.1 Å². The SMILES string of the molecule is Cc1nonc1CNc1ccc2c(c1)C(=O)N(C)C2=O. The summed E-state index contributed by atoms with van der Waals surface area (Å²) < 4.78 is 4.61. The number of nitrogens with zero attached hydrogens (tertiary/aromatic N) is 3. The summed E-state index contributed by atoms with van der Waals surface area (Å²) in [6.07, 6.45) is 0. The Morgan fingerprint density at radius 1 is 1.20 bits per heavy atom. The molecule has 0 fully saturated rings. The summed E-state index contributed by atoms with van der Waals surface area (Å²) in [4.78, 5) is 24.8. The van der Waals surface area contributed by atoms with Gasteiger partial charge in [0.25, 0.3) is 11.8 Å². The second-order valence-electron chi connectivity index (χ2n) is 4.58. The highest BCUT2D eigenvalue weighted by molar-refractivity contribution is 6.21. The first-order valence-corrected chi connectivity index (χ1v) is 6.06. The van der Waals surface area contributed by atoms with Crippen molar-refractivity contribution < 1.29 is 14.2 Å². The van der Waals surface area contributed by atoms with Crippen molar-refractivity contribution in [1.29, 1.82) is 0 Å². The topological polar surface area (TPSA) is 88.3 Å². The maximum absolute atomic E-state index is 11.9. The van der Waals surface area contributed by atoms with Crippen molar-refractivity contribution in [3.05, 3.63) is 40.7 Å². The number of hydrogen-bond acceptors (Lipinski definition) is 6. The van der Waals surface area contributed by atoms with Crippen LogP contribution in [0.4, 0.5) is 5.69 Å². The molecule has 2 amide bonds. The first kappa shape index (κ1) is 12.3. The van der Waals surface area contributed by atoms with Crippen molar-refractivity contribution in [1.82, 2.24) is 15.2 Å². The number of fused-ring (bicyclic) bond motifs is 1. The summed E-state index contributed by atoms with van der Waals surface area (Å²) in [5, 5.41) is 10.6. The monoisotopic (exact) mass is 272 g/mol. The van der Waals surface area contributed by atoms with E-state index in [1.54, 1.807) is 25.1 Å². The third-order valence-electron chi connectivity index (χ3n) is 3.30. The fraction of sp³-hybridized carbons (Fsp3) is 0.231. The molecule has 0 unspecified atom stereocenters. The van der Waals surface area contributed by atoms with Crippen LogP contribution >= 0.6 is 0 Å². The Morgan fingerprint density at radius 2 is 1.95 bits per heavy atom. The third-order valence-corrected chi connectivity index (χ3v) is 3.30. The van der Waals surface area contributed by atoms with Gasteiger partial charge < -0.3 is 5.32 Å². The molecule has 7 nitrogen and oxygen atoms in total. The molecule has 0 spiro atoms. The number of hydrogen-bond donors (Lipinski definition) is 1. The molecule has 1 aliphatic heterocycles. The van der Waals surface area contributed by atoms with E-state index in [0.717, 1.165) is 10.6 Å². The van der Waals surface area contributed by atoms with E-state index in [-0.39, 0.29) is 11.8 Å². The molecule has 20 heavy (non-hydrogen) atoms. The van der Waals surface area contributed by atoms with E-state index in [9.17, 15) is 9.59 Å². The van der Waals surface area contributed by atoms with Crippen LogP contribution in [0.3, 0.4) is 0 Å². The van der Waals surface area contributed by atoms with Gasteiger partial charge in [0.05, 0.1) is 17.7 Å². The molecular weight excluding hydrogens is 260 g/mol. The van der Waals surface area contributed by atoms with Crippen LogP contribution in [0.15, 0.2) is 22.8 Å². The van der Waals surface area contributed by atoms with E-state index in [4.69, 9.17) is 0 Å². The molecule has 0 saturated carbocycles. The van der Waals surface area contributed by atoms with E-state index >= 15 is 0 Å². The number of carbonyl (C=O) groups excluding carboxylic acids is 2. The maximum atomic E-state index is 11.9. The molecule has 1 aromatic heterocycles. The summed E-state index contributed by atoms with van der Waals surface area (Å²) in [7, 11) is 1.47. The minimum atomic E-state index is -0.284. The van der Waals surface area contributed by atoms with E-state index in [1.807, 2.05) is 0 Å². The number of benzene rings is 1. The van der Waals surface area contributed by atoms with Gasteiger partial charge in [0.15, 0.2) is 0 Å². The molecule has 0 bridgehead atoms. The number of aryl methyl sites for hydroxylation is 1. The molecule has 3 rings (SSSR count). The van der Waals surface area contributed by atoms with Gasteiger partial charge in [0.2, 0.25) is 0 Å². The zero-order valence-electron chi connectivity index (χ0n) is 11.0. The van der Waals surface area contributed by atoms with E-state index in [1.165, 1.54) is 7.05 Å². The Labute approximate surface area is 114 Å². The van der Waals surface area contributed by atoms with Crippen LogP contribution in [0.2, 0.25) is 0 Å². The van der Waals surface area contributed by atoms with Crippen LogP contribution < -0.4 is 5.32 Å². The molecule has 1 N–H and O–H groups in total. The highest BCUT2D eigenvalue weighted by Gasteiger charge is 2.32. The zero-order chi connectivity index (χ0) is 14.3. The quantitative estimate of drug-likeness (QED) is 0.845. The van der Waals surface area contributed by atoms with Crippen molar-refractivity contribution >= 4 is 17.5 Å². The standard InChI is InChI=1S/C13H12N4O3/c1-7-11(16-20-15-7)6-14-8-3-4-9-10(5-8)13(19)17(2)12(9)18/h3-5,14H,6H2,1-2H3. The molecule has 2 aromatic rings. The summed E-state index contributed by atoms with van der Waals surface area (Å²) in [5.41, 5.74) is 3.00. The number of amides is 2. The Bertz CT molecular complexity index is 707. The van der Waals surface area contributed by atoms with Crippen molar-refractivity contribution in [3.63, 3.8) is 0 Å². The van der Waals surface area contributed by atoms with Crippen LogP contribution in [0, 0.1) is 6.92 Å². The van der Waals surface area contributed by atoms with E-state index in [2.05, 4.69) is 20.3 Å². The number of anilines is 1. The number of carbonyl (C=O) groups is 2. The van der Waals surface area contributed by atoms with Crippen LogP contribution in [0.5, 0.6) is 0 Å². The van der Waals surface area contributed by atoms with Crippen molar-refractivity contribution in [2.24, 2.45) is 0 Å². The van der Waals surface area contributed by atoms with Crippen LogP contribution in [-0.2, 0) is 6.54 Å². The fourth-order valence-electron chi connectivity index (χ4n) is 2.07. The molecule has 2 heterocycles. The molecule has 102 valence electrons. The van der Waals surface area contributed by atoms with Crippen molar-refractivity contribution in [2.75, 3.05) is 12.4 Å². The molecule has 0 aliphatic carbocycles. The lowest BCUT2D eigenvalue weighted by molar-refractivity contribution is 0.0693. The Kier molecular flexibility index (Phi) is 2.74. The van der Waals surface area contributed by atoms with Gasteiger partial charge in [0, 0.05) is 12.7 Å². The number of rotatable bonds is 3. The summed E-state index contributed by atoms with van der Waals surface area (Å²) in [6.45, 7) is 2.24. The van der Waals surface area contributed by atoms with Crippen LogP contribution in [0.1, 0.15) is 32.1 Å². The minimum Gasteiger partial charge on any atom is -0.379 e. The Morgan fingerprint density at radius 3 is 2.65 bits per heavy atom. The molecule has 0 radical (unpaired) electrons. The molecule has 1 aliphatic rings. The van der Waals surface area contributed by atoms with Gasteiger partial charge in [-0.15, -0.1) is 0 Å². The first-order chi connectivity index (χ1) is 9.58. The molecule has 7 heteroatoms. The molecule has 1 aromatic carbocycles. The smallest absolute Gasteiger partial charge is 0.261 e. The van der Waals surface area contributed by atoms with Gasteiger partial charge >= 0.3 is 0 Å². The number of aromatic nitrogens is 2. The second-order valence-corrected chi connectivity index (χ2v) is 4.58. The Hall–Kier alpha value is -2.70. The molecular formula is C13H12N4O3. The average molecular weight is 272 g/mol. The van der Waals surface area contributed by atoms with Crippen molar-refractivity contribution in [2.45, 2.75) is 13.5 Å². The average Bonchev–Trinajstić information content (AvgIpc) is 2.95. The summed E-state index contributed by atoms with van der Waals surface area (Å²) >= 11 is 0. The zero-order valence-corrected chi connectivity index (χ0v) is 11.0. The van der Waals surface area contributed by atoms with E-state index in [0.29, 0.717) is 29.1 Å². The number of nitrogens with one attached hydrogen (secondary N) is 1. The lowest BCUT2D eigenvalue weighted by Crippen LogP contribution is -2.24. The van der Waals surface area contributed by atoms with Gasteiger partial charge in [-0.2, -0.15) is 0 Å². The summed E-state index contributed by atoms with van der Waals surface area (Å²) in [6, 6.07) is 5.07. The maximum Gasteiger partial charge on any atom is 0.261 e. The highest BCUT2D eigenvalue weighted by atomic mass is 16.6. The van der Waals surface area contributed by atoms with Gasteiger partial charge in [-0.1, -0.05) is 10.3 Å². The van der Waals surface area contributed by atoms with Crippen LogP contribution in [0.25, 0.3) is 0 Å². The Balaban J connectivity index is 1.82. The normalized spacial score (nSPS) is 13.8. The van der Waals surface area contributed by atoms with Gasteiger partial charge in [-0.25, -0.2) is 4.63 Å². The predicted octanol–water partition coefficient (Wildman–Crippen LogP) is 1.22. The van der Waals surface area contributed by atoms with Gasteiger partial charge in [-0.05, 0) is 25.1 Å². The predicted molar refractivity (Wildman–Crippen MR) is 69.2 cm³/mol. The first-order valence-electron chi connectivity index (χ1n) is 6.06. The van der Waals surface area contributed by atoms with Gasteiger partial charge in [-0.3, -0.25) is 14.5 Å². The summed E-state index contributed by atoms with van der Waals surface area (Å²) in [5.74, 6) is -0.555.